The summed E-state index contributed by atoms with van der Waals surface area (Å²) in [5.74, 6) is 0.864. The number of carbonyl (C=O) groups excluding carboxylic acids is 2. The molecule has 1 aromatic carbocycles. The number of piperazine rings is 1. The van der Waals surface area contributed by atoms with E-state index in [2.05, 4.69) is 5.32 Å². The second-order valence-electron chi connectivity index (χ2n) is 5.60. The maximum atomic E-state index is 12.3. The smallest absolute Gasteiger partial charge is 0.282 e. The van der Waals surface area contributed by atoms with Gasteiger partial charge in [-0.15, -0.1) is 0 Å². The summed E-state index contributed by atoms with van der Waals surface area (Å²) in [7, 11) is 1.61. The minimum absolute atomic E-state index is 0.00329. The van der Waals surface area contributed by atoms with Gasteiger partial charge >= 0.3 is 0 Å². The van der Waals surface area contributed by atoms with Gasteiger partial charge in [-0.2, -0.15) is 0 Å². The van der Waals surface area contributed by atoms with Gasteiger partial charge in [0.1, 0.15) is 5.75 Å². The van der Waals surface area contributed by atoms with Crippen LogP contribution in [0.1, 0.15) is 13.8 Å². The molecule has 2 amide bonds. The Morgan fingerprint density at radius 3 is 2.32 bits per heavy atom. The Labute approximate surface area is 131 Å². The van der Waals surface area contributed by atoms with Crippen LogP contribution in [-0.2, 0) is 9.59 Å². The molecule has 2 N–H and O–H groups in total. The average Bonchev–Trinajstić information content (AvgIpc) is 2.55. The average molecular weight is 306 g/mol. The van der Waals surface area contributed by atoms with Crippen molar-refractivity contribution in [2.75, 3.05) is 38.6 Å². The first kappa shape index (κ1) is 16.3. The van der Waals surface area contributed by atoms with Gasteiger partial charge in [-0.05, 0) is 31.2 Å². The van der Waals surface area contributed by atoms with Gasteiger partial charge in [0.2, 0.25) is 5.91 Å². The third kappa shape index (κ3) is 3.98. The third-order valence-electron chi connectivity index (χ3n) is 4.21. The molecule has 0 spiro atoms. The molecular formula is C16H24N3O3+. The first-order chi connectivity index (χ1) is 10.5. The number of ether oxygens (including phenoxy) is 1. The molecule has 6 nitrogen and oxygen atoms in total. The minimum atomic E-state index is -0.142. The van der Waals surface area contributed by atoms with Crippen molar-refractivity contribution in [3.05, 3.63) is 24.3 Å². The number of hydrogen-bond acceptors (Lipinski definition) is 3. The standard InChI is InChI=1S/C16H23N3O3/c1-12(18-8-10-19(11-9-18)13(2)20)16(21)17-14-4-6-15(22-3)7-5-14/h4-7,12H,8-11H2,1-3H3,(H,17,21)/p+1/t12-/m1/s1. The maximum absolute atomic E-state index is 12.3. The van der Waals surface area contributed by atoms with E-state index in [1.54, 1.807) is 14.0 Å². The van der Waals surface area contributed by atoms with Crippen molar-refractivity contribution >= 4 is 17.5 Å². The molecule has 0 bridgehead atoms. The number of anilines is 1. The van der Waals surface area contributed by atoms with Crippen LogP contribution in [0, 0.1) is 0 Å². The minimum Gasteiger partial charge on any atom is -0.497 e. The van der Waals surface area contributed by atoms with E-state index in [1.165, 1.54) is 4.90 Å². The number of nitrogens with zero attached hydrogens (tertiary/aromatic N) is 1. The van der Waals surface area contributed by atoms with E-state index in [0.717, 1.165) is 24.5 Å². The molecule has 0 aromatic heterocycles. The Morgan fingerprint density at radius 2 is 1.82 bits per heavy atom. The van der Waals surface area contributed by atoms with Gasteiger partial charge in [0, 0.05) is 12.6 Å². The van der Waals surface area contributed by atoms with Crippen molar-refractivity contribution < 1.29 is 19.2 Å². The molecule has 1 saturated heterocycles. The maximum Gasteiger partial charge on any atom is 0.282 e. The number of rotatable bonds is 4. The summed E-state index contributed by atoms with van der Waals surface area (Å²) in [6, 6.07) is 7.15. The Balaban J connectivity index is 1.88. The summed E-state index contributed by atoms with van der Waals surface area (Å²) in [5, 5.41) is 2.93. The summed E-state index contributed by atoms with van der Waals surface area (Å²) in [4.78, 5) is 26.7. The van der Waals surface area contributed by atoms with Gasteiger partial charge in [-0.25, -0.2) is 0 Å². The van der Waals surface area contributed by atoms with Crippen LogP contribution in [0.25, 0.3) is 0 Å². The number of quaternary nitrogens is 1. The fraction of sp³-hybridized carbons (Fsp3) is 0.500. The normalized spacial score (nSPS) is 17.0. The van der Waals surface area contributed by atoms with Crippen molar-refractivity contribution in [3.8, 4) is 5.75 Å². The van der Waals surface area contributed by atoms with Crippen molar-refractivity contribution in [1.29, 1.82) is 0 Å². The molecule has 6 heteroatoms. The van der Waals surface area contributed by atoms with Crippen LogP contribution in [0.3, 0.4) is 0 Å². The summed E-state index contributed by atoms with van der Waals surface area (Å²) < 4.78 is 5.10. The van der Waals surface area contributed by atoms with E-state index in [0.29, 0.717) is 13.1 Å². The number of nitrogens with one attached hydrogen (secondary N) is 2. The van der Waals surface area contributed by atoms with Gasteiger partial charge in [0.15, 0.2) is 6.04 Å². The molecule has 1 fully saturated rings. The summed E-state index contributed by atoms with van der Waals surface area (Å²) in [5.41, 5.74) is 0.763. The quantitative estimate of drug-likeness (QED) is 0.808. The first-order valence-corrected chi connectivity index (χ1v) is 7.56. The molecule has 0 aliphatic carbocycles. The molecule has 1 aliphatic rings. The van der Waals surface area contributed by atoms with Crippen LogP contribution < -0.4 is 15.0 Å². The lowest BCUT2D eigenvalue weighted by Gasteiger charge is -2.34. The van der Waals surface area contributed by atoms with Crippen LogP contribution in [0.15, 0.2) is 24.3 Å². The van der Waals surface area contributed by atoms with Crippen molar-refractivity contribution in [2.45, 2.75) is 19.9 Å². The number of carbonyl (C=O) groups is 2. The molecule has 22 heavy (non-hydrogen) atoms. The fourth-order valence-electron chi connectivity index (χ4n) is 2.65. The Morgan fingerprint density at radius 1 is 1.23 bits per heavy atom. The van der Waals surface area contributed by atoms with Crippen LogP contribution in [-0.4, -0.2) is 56.0 Å². The number of amides is 2. The molecule has 0 radical (unpaired) electrons. The van der Waals surface area contributed by atoms with Gasteiger partial charge in [0.25, 0.3) is 5.91 Å². The highest BCUT2D eigenvalue weighted by atomic mass is 16.5. The van der Waals surface area contributed by atoms with Gasteiger partial charge in [-0.3, -0.25) is 9.59 Å². The third-order valence-corrected chi connectivity index (χ3v) is 4.21. The highest BCUT2D eigenvalue weighted by Crippen LogP contribution is 2.14. The van der Waals surface area contributed by atoms with Crippen LogP contribution in [0.5, 0.6) is 5.75 Å². The molecule has 1 atom stereocenters. The summed E-state index contributed by atoms with van der Waals surface area (Å²) in [6.07, 6.45) is 0. The molecule has 1 aromatic rings. The lowest BCUT2D eigenvalue weighted by atomic mass is 10.2. The van der Waals surface area contributed by atoms with Crippen LogP contribution in [0.2, 0.25) is 0 Å². The monoisotopic (exact) mass is 306 g/mol. The van der Waals surface area contributed by atoms with E-state index in [9.17, 15) is 9.59 Å². The van der Waals surface area contributed by atoms with E-state index >= 15 is 0 Å². The van der Waals surface area contributed by atoms with Crippen molar-refractivity contribution in [3.63, 3.8) is 0 Å². The van der Waals surface area contributed by atoms with Gasteiger partial charge in [0.05, 0.1) is 33.3 Å². The Hall–Kier alpha value is -2.08. The predicted octanol–water partition coefficient (Wildman–Crippen LogP) is -0.231. The lowest BCUT2D eigenvalue weighted by Crippen LogP contribution is -3.19. The largest absolute Gasteiger partial charge is 0.497 e. The zero-order chi connectivity index (χ0) is 16.1. The van der Waals surface area contributed by atoms with Gasteiger partial charge in [-0.1, -0.05) is 0 Å². The summed E-state index contributed by atoms with van der Waals surface area (Å²) >= 11 is 0. The second kappa shape index (κ2) is 7.26. The topological polar surface area (TPSA) is 63.1 Å². The molecular weight excluding hydrogens is 282 g/mol. The fourth-order valence-corrected chi connectivity index (χ4v) is 2.65. The molecule has 2 rings (SSSR count). The molecule has 1 aliphatic heterocycles. The summed E-state index contributed by atoms with van der Waals surface area (Å²) in [6.45, 7) is 6.55. The zero-order valence-corrected chi connectivity index (χ0v) is 13.4. The van der Waals surface area contributed by atoms with E-state index in [4.69, 9.17) is 4.74 Å². The Kier molecular flexibility index (Phi) is 5.38. The number of benzene rings is 1. The lowest BCUT2D eigenvalue weighted by molar-refractivity contribution is -0.917. The number of methoxy groups -OCH3 is 1. The number of hydrogen-bond donors (Lipinski definition) is 2. The molecule has 120 valence electrons. The highest BCUT2D eigenvalue weighted by Gasteiger charge is 2.29. The van der Waals surface area contributed by atoms with Crippen LogP contribution >= 0.6 is 0 Å². The van der Waals surface area contributed by atoms with Crippen LogP contribution in [0.4, 0.5) is 5.69 Å². The highest BCUT2D eigenvalue weighted by molar-refractivity contribution is 5.93. The van der Waals surface area contributed by atoms with Crippen molar-refractivity contribution in [1.82, 2.24) is 4.90 Å². The van der Waals surface area contributed by atoms with Crippen molar-refractivity contribution in [2.24, 2.45) is 0 Å². The van der Waals surface area contributed by atoms with E-state index in [-0.39, 0.29) is 17.9 Å². The second-order valence-corrected chi connectivity index (χ2v) is 5.60. The predicted molar refractivity (Wildman–Crippen MR) is 84.0 cm³/mol. The SMILES string of the molecule is COc1ccc(NC(=O)[C@@H](C)[NH+]2CCN(C(C)=O)CC2)cc1. The molecule has 0 unspecified atom stereocenters. The first-order valence-electron chi connectivity index (χ1n) is 7.56. The van der Waals surface area contributed by atoms with Gasteiger partial charge < -0.3 is 19.9 Å². The zero-order valence-electron chi connectivity index (χ0n) is 13.4. The Bertz CT molecular complexity index is 522. The molecule has 0 saturated carbocycles. The van der Waals surface area contributed by atoms with E-state index < -0.39 is 0 Å². The van der Waals surface area contributed by atoms with E-state index in [1.807, 2.05) is 36.1 Å². The molecule has 1 heterocycles.